The minimum absolute atomic E-state index is 0.217. The van der Waals surface area contributed by atoms with Crippen LogP contribution in [0.15, 0.2) is 42.5 Å². The SMILES string of the molecule is COC(=O)/C=C/[C@H](OC(C)=O)[C@@H](C)[C@H](COCc1ccccc1)OC. The molecule has 0 amide bonds. The van der Waals surface area contributed by atoms with Crippen molar-refractivity contribution in [2.45, 2.75) is 32.7 Å². The minimum atomic E-state index is -0.623. The van der Waals surface area contributed by atoms with Crippen LogP contribution in [-0.2, 0) is 35.1 Å². The minimum Gasteiger partial charge on any atom is -0.466 e. The average molecular weight is 350 g/mol. The standard InChI is InChI=1S/C19H26O6/c1-14(17(25-15(2)20)10-11-19(21)23-4)18(22-3)13-24-12-16-8-6-5-7-9-16/h5-11,14,17-18H,12-13H2,1-4H3/b11-10+/t14-,17+,18+/m1/s1. The Morgan fingerprint density at radius 2 is 1.84 bits per heavy atom. The molecular weight excluding hydrogens is 324 g/mol. The van der Waals surface area contributed by atoms with E-state index in [0.29, 0.717) is 13.2 Å². The van der Waals surface area contributed by atoms with Crippen LogP contribution in [0.3, 0.4) is 0 Å². The highest BCUT2D eigenvalue weighted by Crippen LogP contribution is 2.18. The molecule has 0 unspecified atom stereocenters. The smallest absolute Gasteiger partial charge is 0.330 e. The molecule has 1 aromatic rings. The molecule has 6 heteroatoms. The molecule has 0 radical (unpaired) electrons. The quantitative estimate of drug-likeness (QED) is 0.477. The van der Waals surface area contributed by atoms with Crippen molar-refractivity contribution in [3.05, 3.63) is 48.0 Å². The van der Waals surface area contributed by atoms with E-state index in [4.69, 9.17) is 14.2 Å². The van der Waals surface area contributed by atoms with Crippen LogP contribution < -0.4 is 0 Å². The fourth-order valence-electron chi connectivity index (χ4n) is 2.27. The van der Waals surface area contributed by atoms with Gasteiger partial charge >= 0.3 is 11.9 Å². The van der Waals surface area contributed by atoms with E-state index in [2.05, 4.69) is 4.74 Å². The Labute approximate surface area is 148 Å². The number of carbonyl (C=O) groups excluding carboxylic acids is 2. The highest BCUT2D eigenvalue weighted by atomic mass is 16.6. The zero-order chi connectivity index (χ0) is 18.7. The molecule has 0 saturated heterocycles. The van der Waals surface area contributed by atoms with Gasteiger partial charge in [-0.05, 0) is 11.6 Å². The summed E-state index contributed by atoms with van der Waals surface area (Å²) in [4.78, 5) is 22.6. The van der Waals surface area contributed by atoms with Crippen LogP contribution in [0.5, 0.6) is 0 Å². The normalized spacial score (nSPS) is 14.7. The van der Waals surface area contributed by atoms with Crippen molar-refractivity contribution < 1.29 is 28.5 Å². The number of methoxy groups -OCH3 is 2. The molecule has 1 rings (SSSR count). The summed E-state index contributed by atoms with van der Waals surface area (Å²) >= 11 is 0. The summed E-state index contributed by atoms with van der Waals surface area (Å²) in [6, 6.07) is 9.80. The number of hydrogen-bond donors (Lipinski definition) is 0. The molecular formula is C19H26O6. The van der Waals surface area contributed by atoms with E-state index >= 15 is 0 Å². The second kappa shape index (κ2) is 11.4. The molecule has 0 aromatic heterocycles. The lowest BCUT2D eigenvalue weighted by atomic mass is 9.97. The molecule has 25 heavy (non-hydrogen) atoms. The van der Waals surface area contributed by atoms with Crippen LogP contribution in [0.4, 0.5) is 0 Å². The van der Waals surface area contributed by atoms with Crippen LogP contribution in [0.2, 0.25) is 0 Å². The van der Waals surface area contributed by atoms with E-state index < -0.39 is 18.0 Å². The maximum atomic E-state index is 11.3. The van der Waals surface area contributed by atoms with E-state index in [1.54, 1.807) is 7.11 Å². The summed E-state index contributed by atoms with van der Waals surface area (Å²) in [7, 11) is 2.86. The van der Waals surface area contributed by atoms with Gasteiger partial charge in [-0.25, -0.2) is 4.79 Å². The molecule has 0 aliphatic carbocycles. The number of carbonyl (C=O) groups is 2. The van der Waals surface area contributed by atoms with Gasteiger partial charge in [0.2, 0.25) is 0 Å². The number of hydrogen-bond acceptors (Lipinski definition) is 6. The maximum absolute atomic E-state index is 11.3. The second-order valence-electron chi connectivity index (χ2n) is 5.59. The van der Waals surface area contributed by atoms with Gasteiger partial charge in [-0.2, -0.15) is 0 Å². The maximum Gasteiger partial charge on any atom is 0.330 e. The van der Waals surface area contributed by atoms with Gasteiger partial charge in [-0.15, -0.1) is 0 Å². The summed E-state index contributed by atoms with van der Waals surface area (Å²) in [6.45, 7) is 3.98. The third kappa shape index (κ3) is 7.96. The van der Waals surface area contributed by atoms with Crippen molar-refractivity contribution in [2.75, 3.05) is 20.8 Å². The van der Waals surface area contributed by atoms with Crippen molar-refractivity contribution in [3.8, 4) is 0 Å². The highest BCUT2D eigenvalue weighted by molar-refractivity contribution is 5.81. The van der Waals surface area contributed by atoms with Crippen LogP contribution in [0, 0.1) is 5.92 Å². The van der Waals surface area contributed by atoms with Gasteiger partial charge in [0.05, 0.1) is 26.4 Å². The number of ether oxygens (including phenoxy) is 4. The first kappa shape index (κ1) is 20.9. The van der Waals surface area contributed by atoms with E-state index in [0.717, 1.165) is 5.56 Å². The van der Waals surface area contributed by atoms with Crippen molar-refractivity contribution in [1.82, 2.24) is 0 Å². The van der Waals surface area contributed by atoms with Gasteiger partial charge in [0, 0.05) is 26.0 Å². The molecule has 0 saturated carbocycles. The van der Waals surface area contributed by atoms with Gasteiger partial charge in [0.25, 0.3) is 0 Å². The molecule has 1 aromatic carbocycles. The van der Waals surface area contributed by atoms with Crippen LogP contribution in [-0.4, -0.2) is 45.0 Å². The zero-order valence-corrected chi connectivity index (χ0v) is 15.1. The van der Waals surface area contributed by atoms with Crippen LogP contribution in [0.25, 0.3) is 0 Å². The first-order valence-corrected chi connectivity index (χ1v) is 8.05. The van der Waals surface area contributed by atoms with Crippen molar-refractivity contribution in [1.29, 1.82) is 0 Å². The summed E-state index contributed by atoms with van der Waals surface area (Å²) in [5.74, 6) is -1.17. The third-order valence-electron chi connectivity index (χ3n) is 3.73. The van der Waals surface area contributed by atoms with Gasteiger partial charge in [0.1, 0.15) is 6.10 Å². The molecule has 3 atom stereocenters. The predicted octanol–water partition coefficient (Wildman–Crippen LogP) is 2.52. The van der Waals surface area contributed by atoms with Gasteiger partial charge in [-0.1, -0.05) is 37.3 Å². The average Bonchev–Trinajstić information content (AvgIpc) is 2.62. The zero-order valence-electron chi connectivity index (χ0n) is 15.1. The molecule has 0 fully saturated rings. The molecule has 0 heterocycles. The third-order valence-corrected chi connectivity index (χ3v) is 3.73. The summed E-state index contributed by atoms with van der Waals surface area (Å²) < 4.78 is 21.0. The van der Waals surface area contributed by atoms with Gasteiger partial charge in [-0.3, -0.25) is 4.79 Å². The molecule has 0 aliphatic heterocycles. The fraction of sp³-hybridized carbons (Fsp3) is 0.474. The van der Waals surface area contributed by atoms with E-state index in [-0.39, 0.29) is 12.0 Å². The number of esters is 2. The molecule has 0 N–H and O–H groups in total. The number of benzene rings is 1. The highest BCUT2D eigenvalue weighted by Gasteiger charge is 2.27. The second-order valence-corrected chi connectivity index (χ2v) is 5.59. The monoisotopic (exact) mass is 350 g/mol. The molecule has 138 valence electrons. The Morgan fingerprint density at radius 1 is 1.16 bits per heavy atom. The van der Waals surface area contributed by atoms with E-state index in [1.807, 2.05) is 37.3 Å². The van der Waals surface area contributed by atoms with Gasteiger partial charge in [0.15, 0.2) is 0 Å². The fourth-order valence-corrected chi connectivity index (χ4v) is 2.27. The predicted molar refractivity (Wildman–Crippen MR) is 92.8 cm³/mol. The van der Waals surface area contributed by atoms with Crippen LogP contribution >= 0.6 is 0 Å². The van der Waals surface area contributed by atoms with Crippen molar-refractivity contribution >= 4 is 11.9 Å². The van der Waals surface area contributed by atoms with E-state index in [1.165, 1.54) is 26.2 Å². The van der Waals surface area contributed by atoms with E-state index in [9.17, 15) is 9.59 Å². The molecule has 0 bridgehead atoms. The Hall–Kier alpha value is -2.18. The molecule has 0 aliphatic rings. The lowest BCUT2D eigenvalue weighted by Crippen LogP contribution is -2.36. The lowest BCUT2D eigenvalue weighted by Gasteiger charge is -2.27. The first-order valence-electron chi connectivity index (χ1n) is 8.05. The Balaban J connectivity index is 2.66. The summed E-state index contributed by atoms with van der Waals surface area (Å²) in [6.07, 6.45) is 1.81. The summed E-state index contributed by atoms with van der Waals surface area (Å²) in [5.41, 5.74) is 1.06. The Morgan fingerprint density at radius 3 is 2.40 bits per heavy atom. The van der Waals surface area contributed by atoms with Gasteiger partial charge < -0.3 is 18.9 Å². The van der Waals surface area contributed by atoms with Crippen molar-refractivity contribution in [2.24, 2.45) is 5.92 Å². The molecule has 6 nitrogen and oxygen atoms in total. The van der Waals surface area contributed by atoms with Crippen LogP contribution in [0.1, 0.15) is 19.4 Å². The number of rotatable bonds is 10. The lowest BCUT2D eigenvalue weighted by molar-refractivity contribution is -0.149. The first-order chi connectivity index (χ1) is 12.0. The largest absolute Gasteiger partial charge is 0.466 e. The topological polar surface area (TPSA) is 71.1 Å². The van der Waals surface area contributed by atoms with Crippen molar-refractivity contribution in [3.63, 3.8) is 0 Å². The Kier molecular flexibility index (Phi) is 9.50. The summed E-state index contributed by atoms with van der Waals surface area (Å²) in [5, 5.41) is 0. The Bertz CT molecular complexity index is 554. The molecule has 0 spiro atoms.